The van der Waals surface area contributed by atoms with E-state index in [4.69, 9.17) is 4.74 Å². The summed E-state index contributed by atoms with van der Waals surface area (Å²) < 4.78 is 5.80. The summed E-state index contributed by atoms with van der Waals surface area (Å²) in [6, 6.07) is 3.76. The van der Waals surface area contributed by atoms with Gasteiger partial charge in [0.2, 0.25) is 11.8 Å². The van der Waals surface area contributed by atoms with Crippen LogP contribution in [-0.4, -0.2) is 65.5 Å². The molecular weight excluding hydrogens is 282 g/mol. The van der Waals surface area contributed by atoms with Gasteiger partial charge in [0.1, 0.15) is 6.61 Å². The van der Waals surface area contributed by atoms with Crippen molar-refractivity contribution in [3.05, 3.63) is 30.1 Å². The van der Waals surface area contributed by atoms with Crippen LogP contribution in [0.3, 0.4) is 0 Å². The van der Waals surface area contributed by atoms with Gasteiger partial charge in [-0.25, -0.2) is 0 Å². The van der Waals surface area contributed by atoms with Crippen LogP contribution in [0.2, 0.25) is 0 Å². The van der Waals surface area contributed by atoms with Crippen molar-refractivity contribution in [3.63, 3.8) is 0 Å². The smallest absolute Gasteiger partial charge is 0.248 e. The number of likely N-dealkylation sites (N-methyl/N-ethyl adjacent to an activating group) is 1. The lowest BCUT2D eigenvalue weighted by Crippen LogP contribution is -2.58. The molecule has 0 N–H and O–H groups in total. The van der Waals surface area contributed by atoms with Crippen LogP contribution in [0, 0.1) is 0 Å². The van der Waals surface area contributed by atoms with Crippen LogP contribution in [0.5, 0.6) is 0 Å². The second-order valence-corrected chi connectivity index (χ2v) is 6.14. The minimum absolute atomic E-state index is 0.0284. The summed E-state index contributed by atoms with van der Waals surface area (Å²) in [5.41, 5.74) is 0.667. The molecule has 0 saturated carbocycles. The molecular formula is C16H21N3O3. The number of ether oxygens (including phenoxy) is 1. The highest BCUT2D eigenvalue weighted by Gasteiger charge is 2.41. The van der Waals surface area contributed by atoms with Gasteiger partial charge < -0.3 is 14.5 Å². The first-order chi connectivity index (χ1) is 10.6. The van der Waals surface area contributed by atoms with Crippen molar-refractivity contribution >= 4 is 11.8 Å². The molecule has 118 valence electrons. The Morgan fingerprint density at radius 1 is 1.41 bits per heavy atom. The molecule has 6 heteroatoms. The van der Waals surface area contributed by atoms with Gasteiger partial charge in [-0.05, 0) is 24.5 Å². The fourth-order valence-corrected chi connectivity index (χ4v) is 3.15. The standard InChI is InChI=1S/C16H21N3O3/c1-18-12-16(22-11-15(18)21)4-7-19(8-5-16)14(20)9-13-3-2-6-17-10-13/h2-3,6,10H,4-5,7-9,11-12H2,1H3. The number of hydrogen-bond acceptors (Lipinski definition) is 4. The average Bonchev–Trinajstić information content (AvgIpc) is 2.53. The van der Waals surface area contributed by atoms with Gasteiger partial charge in [0.25, 0.3) is 0 Å². The van der Waals surface area contributed by atoms with E-state index in [2.05, 4.69) is 4.98 Å². The molecule has 22 heavy (non-hydrogen) atoms. The van der Waals surface area contributed by atoms with Crippen molar-refractivity contribution in [2.75, 3.05) is 33.3 Å². The highest BCUT2D eigenvalue weighted by atomic mass is 16.5. The fraction of sp³-hybridized carbons (Fsp3) is 0.562. The van der Waals surface area contributed by atoms with Crippen molar-refractivity contribution in [1.29, 1.82) is 0 Å². The summed E-state index contributed by atoms with van der Waals surface area (Å²) in [6.07, 6.45) is 5.39. The van der Waals surface area contributed by atoms with Crippen LogP contribution in [0.4, 0.5) is 0 Å². The maximum atomic E-state index is 12.3. The Hall–Kier alpha value is -1.95. The fourth-order valence-electron chi connectivity index (χ4n) is 3.15. The lowest BCUT2D eigenvalue weighted by Gasteiger charge is -2.46. The van der Waals surface area contributed by atoms with E-state index in [1.165, 1.54) is 0 Å². The van der Waals surface area contributed by atoms with Crippen molar-refractivity contribution in [2.45, 2.75) is 24.9 Å². The third-order valence-corrected chi connectivity index (χ3v) is 4.56. The molecule has 2 fully saturated rings. The highest BCUT2D eigenvalue weighted by Crippen LogP contribution is 2.30. The van der Waals surface area contributed by atoms with Crippen LogP contribution in [0.25, 0.3) is 0 Å². The number of nitrogens with zero attached hydrogens (tertiary/aromatic N) is 3. The number of carbonyl (C=O) groups is 2. The zero-order chi connectivity index (χ0) is 15.6. The quantitative estimate of drug-likeness (QED) is 0.797. The van der Waals surface area contributed by atoms with Gasteiger partial charge in [0, 0.05) is 39.1 Å². The van der Waals surface area contributed by atoms with Gasteiger partial charge in [-0.3, -0.25) is 14.6 Å². The lowest BCUT2D eigenvalue weighted by molar-refractivity contribution is -0.170. The van der Waals surface area contributed by atoms with Crippen LogP contribution in [0.1, 0.15) is 18.4 Å². The molecule has 3 rings (SSSR count). The number of piperidine rings is 1. The molecule has 0 aromatic carbocycles. The Labute approximate surface area is 130 Å². The van der Waals surface area contributed by atoms with Gasteiger partial charge in [-0.15, -0.1) is 0 Å². The van der Waals surface area contributed by atoms with E-state index >= 15 is 0 Å². The number of carbonyl (C=O) groups excluding carboxylic acids is 2. The number of morpholine rings is 1. The summed E-state index contributed by atoms with van der Waals surface area (Å²) in [7, 11) is 1.81. The first-order valence-electron chi connectivity index (χ1n) is 7.63. The van der Waals surface area contributed by atoms with Crippen LogP contribution < -0.4 is 0 Å². The molecule has 0 unspecified atom stereocenters. The average molecular weight is 303 g/mol. The lowest BCUT2D eigenvalue weighted by atomic mass is 9.89. The van der Waals surface area contributed by atoms with Gasteiger partial charge in [-0.2, -0.15) is 0 Å². The van der Waals surface area contributed by atoms with Crippen LogP contribution in [0.15, 0.2) is 24.5 Å². The second-order valence-electron chi connectivity index (χ2n) is 6.14. The van der Waals surface area contributed by atoms with Crippen molar-refractivity contribution in [3.8, 4) is 0 Å². The third-order valence-electron chi connectivity index (χ3n) is 4.56. The number of aromatic nitrogens is 1. The predicted octanol–water partition coefficient (Wildman–Crippen LogP) is 0.474. The molecule has 0 aliphatic carbocycles. The Kier molecular flexibility index (Phi) is 4.11. The summed E-state index contributed by atoms with van der Waals surface area (Å²) in [5, 5.41) is 0. The summed E-state index contributed by atoms with van der Waals surface area (Å²) in [6.45, 7) is 2.14. The SMILES string of the molecule is CN1CC2(CCN(C(=O)Cc3cccnc3)CC2)OCC1=O. The Morgan fingerprint density at radius 3 is 2.82 bits per heavy atom. The zero-order valence-corrected chi connectivity index (χ0v) is 12.8. The molecule has 3 heterocycles. The largest absolute Gasteiger partial charge is 0.363 e. The first kappa shape index (κ1) is 15.0. The van der Waals surface area contributed by atoms with Crippen molar-refractivity contribution in [2.24, 2.45) is 0 Å². The zero-order valence-electron chi connectivity index (χ0n) is 12.8. The molecule has 2 saturated heterocycles. The molecule has 2 amide bonds. The minimum atomic E-state index is -0.270. The van der Waals surface area contributed by atoms with E-state index in [1.54, 1.807) is 17.3 Å². The van der Waals surface area contributed by atoms with Gasteiger partial charge in [0.15, 0.2) is 0 Å². The van der Waals surface area contributed by atoms with Crippen molar-refractivity contribution in [1.82, 2.24) is 14.8 Å². The number of rotatable bonds is 2. The molecule has 1 spiro atoms. The highest BCUT2D eigenvalue weighted by molar-refractivity contribution is 5.79. The Balaban J connectivity index is 1.55. The maximum Gasteiger partial charge on any atom is 0.248 e. The van der Waals surface area contributed by atoms with E-state index < -0.39 is 0 Å². The van der Waals surface area contributed by atoms with Gasteiger partial charge in [-0.1, -0.05) is 6.07 Å². The first-order valence-corrected chi connectivity index (χ1v) is 7.63. The van der Waals surface area contributed by atoms with Crippen LogP contribution in [-0.2, 0) is 20.7 Å². The molecule has 1 aromatic rings. The topological polar surface area (TPSA) is 62.7 Å². The monoisotopic (exact) mass is 303 g/mol. The molecule has 0 radical (unpaired) electrons. The molecule has 2 aliphatic heterocycles. The van der Waals surface area contributed by atoms with Gasteiger partial charge in [0.05, 0.1) is 12.0 Å². The van der Waals surface area contributed by atoms with Crippen LogP contribution >= 0.6 is 0 Å². The molecule has 2 aliphatic rings. The Bertz CT molecular complexity index is 553. The summed E-state index contributed by atoms with van der Waals surface area (Å²) >= 11 is 0. The number of pyridine rings is 1. The number of hydrogen-bond donors (Lipinski definition) is 0. The van der Waals surface area contributed by atoms with Gasteiger partial charge >= 0.3 is 0 Å². The van der Waals surface area contributed by atoms with E-state index in [-0.39, 0.29) is 24.0 Å². The molecule has 1 aromatic heterocycles. The predicted molar refractivity (Wildman–Crippen MR) is 80.1 cm³/mol. The molecule has 6 nitrogen and oxygen atoms in total. The second kappa shape index (κ2) is 6.04. The minimum Gasteiger partial charge on any atom is -0.363 e. The maximum absolute atomic E-state index is 12.3. The van der Waals surface area contributed by atoms with E-state index in [0.717, 1.165) is 18.4 Å². The van der Waals surface area contributed by atoms with E-state index in [1.807, 2.05) is 24.1 Å². The summed E-state index contributed by atoms with van der Waals surface area (Å²) in [5.74, 6) is 0.156. The van der Waals surface area contributed by atoms with Crippen molar-refractivity contribution < 1.29 is 14.3 Å². The molecule has 0 atom stereocenters. The Morgan fingerprint density at radius 2 is 2.18 bits per heavy atom. The number of amides is 2. The normalized spacial score (nSPS) is 21.2. The molecule has 0 bridgehead atoms. The van der Waals surface area contributed by atoms with E-state index in [9.17, 15) is 9.59 Å². The summed E-state index contributed by atoms with van der Waals surface area (Å²) in [4.78, 5) is 31.5. The third kappa shape index (κ3) is 3.11. The number of likely N-dealkylation sites (tertiary alicyclic amines) is 1. The van der Waals surface area contributed by atoms with E-state index in [0.29, 0.717) is 26.1 Å².